The van der Waals surface area contributed by atoms with Crippen molar-refractivity contribution in [2.24, 2.45) is 0 Å². The topological polar surface area (TPSA) is 67.9 Å². The summed E-state index contributed by atoms with van der Waals surface area (Å²) in [7, 11) is 0. The third kappa shape index (κ3) is 2.73. The van der Waals surface area contributed by atoms with E-state index >= 15 is 0 Å². The van der Waals surface area contributed by atoms with Gasteiger partial charge in [-0.1, -0.05) is 35.5 Å². The van der Waals surface area contributed by atoms with Crippen molar-refractivity contribution >= 4 is 0 Å². The Morgan fingerprint density at radius 2 is 2.00 bits per heavy atom. The maximum atomic E-state index is 5.40. The first-order valence-corrected chi connectivity index (χ1v) is 7.70. The summed E-state index contributed by atoms with van der Waals surface area (Å²) >= 11 is 0. The molecule has 0 aliphatic carbocycles. The molecule has 0 radical (unpaired) electrons. The second-order valence-electron chi connectivity index (χ2n) is 5.78. The van der Waals surface area contributed by atoms with Crippen molar-refractivity contribution in [2.45, 2.75) is 18.9 Å². The Morgan fingerprint density at radius 1 is 1.17 bits per heavy atom. The average Bonchev–Trinajstić information content (AvgIpc) is 3.05. The van der Waals surface area contributed by atoms with Crippen LogP contribution in [0.5, 0.6) is 0 Å². The van der Waals surface area contributed by atoms with Gasteiger partial charge in [0.25, 0.3) is 0 Å². The van der Waals surface area contributed by atoms with E-state index in [4.69, 9.17) is 4.52 Å². The Hall–Kier alpha value is -2.60. The molecule has 1 saturated heterocycles. The SMILES string of the molecule is CC(c1ccccc1)N1CC(c2nc(-c3cnccn3)no2)C1. The van der Waals surface area contributed by atoms with E-state index < -0.39 is 0 Å². The number of likely N-dealkylation sites (tertiary alicyclic amines) is 1. The van der Waals surface area contributed by atoms with Crippen LogP contribution >= 0.6 is 0 Å². The van der Waals surface area contributed by atoms with E-state index in [0.717, 1.165) is 13.1 Å². The van der Waals surface area contributed by atoms with E-state index in [1.165, 1.54) is 5.56 Å². The van der Waals surface area contributed by atoms with E-state index in [1.807, 2.05) is 6.07 Å². The molecule has 0 spiro atoms. The molecule has 1 atom stereocenters. The number of nitrogens with zero attached hydrogens (tertiary/aromatic N) is 5. The van der Waals surface area contributed by atoms with Gasteiger partial charge in [0.1, 0.15) is 5.69 Å². The molecule has 4 rings (SSSR count). The van der Waals surface area contributed by atoms with E-state index in [-0.39, 0.29) is 0 Å². The highest BCUT2D eigenvalue weighted by atomic mass is 16.5. The summed E-state index contributed by atoms with van der Waals surface area (Å²) in [5, 5.41) is 4.01. The Bertz CT molecular complexity index is 768. The van der Waals surface area contributed by atoms with Crippen LogP contribution in [-0.4, -0.2) is 38.1 Å². The Labute approximate surface area is 134 Å². The number of hydrogen-bond donors (Lipinski definition) is 0. The van der Waals surface area contributed by atoms with Crippen molar-refractivity contribution in [1.29, 1.82) is 0 Å². The predicted molar refractivity (Wildman–Crippen MR) is 84.5 cm³/mol. The first-order valence-electron chi connectivity index (χ1n) is 7.70. The molecule has 1 fully saturated rings. The van der Waals surface area contributed by atoms with Crippen molar-refractivity contribution in [3.05, 3.63) is 60.4 Å². The van der Waals surface area contributed by atoms with E-state index in [2.05, 4.69) is 56.2 Å². The fourth-order valence-corrected chi connectivity index (χ4v) is 2.85. The van der Waals surface area contributed by atoms with Gasteiger partial charge in [0.05, 0.1) is 12.1 Å². The zero-order valence-electron chi connectivity index (χ0n) is 12.8. The molecule has 1 aliphatic heterocycles. The Balaban J connectivity index is 1.42. The van der Waals surface area contributed by atoms with Gasteiger partial charge >= 0.3 is 0 Å². The van der Waals surface area contributed by atoms with Gasteiger partial charge in [0.2, 0.25) is 11.7 Å². The fourth-order valence-electron chi connectivity index (χ4n) is 2.85. The molecule has 6 nitrogen and oxygen atoms in total. The normalized spacial score (nSPS) is 16.9. The fraction of sp³-hybridized carbons (Fsp3) is 0.294. The third-order valence-corrected chi connectivity index (χ3v) is 4.32. The molecule has 1 unspecified atom stereocenters. The molecule has 0 N–H and O–H groups in total. The molecule has 3 aromatic rings. The molecular weight excluding hydrogens is 290 g/mol. The van der Waals surface area contributed by atoms with Gasteiger partial charge in [0, 0.05) is 31.5 Å². The lowest BCUT2D eigenvalue weighted by atomic mass is 9.95. The summed E-state index contributed by atoms with van der Waals surface area (Å²) in [6.45, 7) is 4.08. The first kappa shape index (κ1) is 14.0. The molecule has 3 heterocycles. The van der Waals surface area contributed by atoms with E-state index in [0.29, 0.717) is 29.4 Å². The highest BCUT2D eigenvalue weighted by Gasteiger charge is 2.35. The van der Waals surface area contributed by atoms with Crippen molar-refractivity contribution in [3.63, 3.8) is 0 Å². The van der Waals surface area contributed by atoms with Gasteiger partial charge in [0.15, 0.2) is 0 Å². The van der Waals surface area contributed by atoms with Crippen LogP contribution in [0.3, 0.4) is 0 Å². The summed E-state index contributed by atoms with van der Waals surface area (Å²) in [5.41, 5.74) is 1.97. The predicted octanol–water partition coefficient (Wildman–Crippen LogP) is 2.69. The molecule has 1 aromatic carbocycles. The molecule has 0 amide bonds. The summed E-state index contributed by atoms with van der Waals surface area (Å²) in [5.74, 6) is 1.48. The van der Waals surface area contributed by atoms with Crippen LogP contribution in [-0.2, 0) is 0 Å². The Morgan fingerprint density at radius 3 is 2.74 bits per heavy atom. The maximum Gasteiger partial charge on any atom is 0.232 e. The van der Waals surface area contributed by atoms with Gasteiger partial charge in [-0.3, -0.25) is 9.88 Å². The van der Waals surface area contributed by atoms with Crippen LogP contribution in [0.25, 0.3) is 11.5 Å². The lowest BCUT2D eigenvalue weighted by molar-refractivity contribution is 0.0835. The van der Waals surface area contributed by atoms with Crippen LogP contribution in [0.15, 0.2) is 53.4 Å². The average molecular weight is 307 g/mol. The number of hydrogen-bond acceptors (Lipinski definition) is 6. The van der Waals surface area contributed by atoms with Crippen molar-refractivity contribution < 1.29 is 4.52 Å². The van der Waals surface area contributed by atoms with E-state index in [1.54, 1.807) is 18.6 Å². The second kappa shape index (κ2) is 5.89. The standard InChI is InChI=1S/C17H17N5O/c1-12(13-5-3-2-4-6-13)22-10-14(11-22)17-20-16(21-23-17)15-9-18-7-8-19-15/h2-9,12,14H,10-11H2,1H3. The summed E-state index contributed by atoms with van der Waals surface area (Å²) in [6.07, 6.45) is 4.89. The number of benzene rings is 1. The highest BCUT2D eigenvalue weighted by Crippen LogP contribution is 2.33. The monoisotopic (exact) mass is 307 g/mol. The highest BCUT2D eigenvalue weighted by molar-refractivity contribution is 5.45. The van der Waals surface area contributed by atoms with Crippen molar-refractivity contribution in [3.8, 4) is 11.5 Å². The molecule has 1 aliphatic rings. The first-order chi connectivity index (χ1) is 11.3. The lowest BCUT2D eigenvalue weighted by Gasteiger charge is -2.41. The summed E-state index contributed by atoms with van der Waals surface area (Å²) in [4.78, 5) is 15.1. The smallest absolute Gasteiger partial charge is 0.232 e. The van der Waals surface area contributed by atoms with Crippen LogP contribution in [0.2, 0.25) is 0 Å². The zero-order valence-corrected chi connectivity index (χ0v) is 12.8. The summed E-state index contributed by atoms with van der Waals surface area (Å²) < 4.78 is 5.40. The van der Waals surface area contributed by atoms with Gasteiger partial charge in [-0.25, -0.2) is 4.98 Å². The van der Waals surface area contributed by atoms with Crippen LogP contribution in [0.1, 0.15) is 30.3 Å². The third-order valence-electron chi connectivity index (χ3n) is 4.32. The van der Waals surface area contributed by atoms with Gasteiger partial charge in [-0.2, -0.15) is 4.98 Å². The summed E-state index contributed by atoms with van der Waals surface area (Å²) in [6, 6.07) is 10.9. The van der Waals surface area contributed by atoms with Crippen LogP contribution in [0, 0.1) is 0 Å². The van der Waals surface area contributed by atoms with Crippen LogP contribution in [0.4, 0.5) is 0 Å². The second-order valence-corrected chi connectivity index (χ2v) is 5.78. The Kier molecular flexibility index (Phi) is 3.59. The van der Waals surface area contributed by atoms with Crippen molar-refractivity contribution in [1.82, 2.24) is 25.0 Å². The largest absolute Gasteiger partial charge is 0.339 e. The van der Waals surface area contributed by atoms with Crippen molar-refractivity contribution in [2.75, 3.05) is 13.1 Å². The zero-order chi connectivity index (χ0) is 15.6. The minimum atomic E-state index is 0.291. The molecule has 23 heavy (non-hydrogen) atoms. The van der Waals surface area contributed by atoms with Gasteiger partial charge in [-0.05, 0) is 12.5 Å². The van der Waals surface area contributed by atoms with Gasteiger partial charge < -0.3 is 4.52 Å². The van der Waals surface area contributed by atoms with E-state index in [9.17, 15) is 0 Å². The van der Waals surface area contributed by atoms with Gasteiger partial charge in [-0.15, -0.1) is 0 Å². The minimum Gasteiger partial charge on any atom is -0.339 e. The van der Waals surface area contributed by atoms with Crippen LogP contribution < -0.4 is 0 Å². The molecular formula is C17H17N5O. The maximum absolute atomic E-state index is 5.40. The molecule has 0 saturated carbocycles. The quantitative estimate of drug-likeness (QED) is 0.738. The lowest BCUT2D eigenvalue weighted by Crippen LogP contribution is -2.46. The molecule has 0 bridgehead atoms. The number of rotatable bonds is 4. The molecule has 2 aromatic heterocycles. The molecule has 116 valence electrons. The number of aromatic nitrogens is 4. The minimum absolute atomic E-state index is 0.291. The molecule has 6 heteroatoms.